The van der Waals surface area contributed by atoms with E-state index in [1.165, 1.54) is 29.9 Å². The summed E-state index contributed by atoms with van der Waals surface area (Å²) < 4.78 is 0. The highest BCUT2D eigenvalue weighted by molar-refractivity contribution is 5.44. The quantitative estimate of drug-likeness (QED) is 0.864. The van der Waals surface area contributed by atoms with E-state index in [2.05, 4.69) is 50.0 Å². The molecule has 0 radical (unpaired) electrons. The maximum absolute atomic E-state index is 4.94. The third-order valence-electron chi connectivity index (χ3n) is 4.42. The largest absolute Gasteiger partial charge is 0.354 e. The van der Waals surface area contributed by atoms with Gasteiger partial charge in [-0.15, -0.1) is 0 Å². The third kappa shape index (κ3) is 4.44. The Kier molecular flexibility index (Phi) is 6.04. The van der Waals surface area contributed by atoms with Gasteiger partial charge in [-0.1, -0.05) is 27.2 Å². The summed E-state index contributed by atoms with van der Waals surface area (Å²) in [7, 11) is 0. The van der Waals surface area contributed by atoms with Gasteiger partial charge in [0, 0.05) is 24.8 Å². The lowest BCUT2D eigenvalue weighted by Crippen LogP contribution is -2.41. The van der Waals surface area contributed by atoms with Crippen LogP contribution in [0.25, 0.3) is 0 Å². The zero-order valence-corrected chi connectivity index (χ0v) is 14.2. The first-order valence-electron chi connectivity index (χ1n) is 8.61. The van der Waals surface area contributed by atoms with E-state index in [1.54, 1.807) is 0 Å². The van der Waals surface area contributed by atoms with Crippen LogP contribution in [0.5, 0.6) is 0 Å². The topological polar surface area (TPSA) is 28.2 Å². The van der Waals surface area contributed by atoms with E-state index in [9.17, 15) is 0 Å². The highest BCUT2D eigenvalue weighted by atomic mass is 15.2. The molecule has 2 atom stereocenters. The van der Waals surface area contributed by atoms with Gasteiger partial charge in [-0.3, -0.25) is 0 Å². The molecule has 118 valence electrons. The minimum Gasteiger partial charge on any atom is -0.354 e. The molecule has 21 heavy (non-hydrogen) atoms. The van der Waals surface area contributed by atoms with E-state index < -0.39 is 0 Å². The maximum Gasteiger partial charge on any atom is 0.129 e. The molecule has 1 fully saturated rings. The number of nitrogens with zero attached hydrogens (tertiary/aromatic N) is 2. The van der Waals surface area contributed by atoms with Gasteiger partial charge in [0.25, 0.3) is 0 Å². The minimum absolute atomic E-state index is 0.609. The Morgan fingerprint density at radius 1 is 1.24 bits per heavy atom. The molecule has 2 unspecified atom stereocenters. The molecule has 0 saturated carbocycles. The Bertz CT molecular complexity index is 444. The zero-order chi connectivity index (χ0) is 15.2. The Morgan fingerprint density at radius 2 is 2.05 bits per heavy atom. The number of anilines is 1. The van der Waals surface area contributed by atoms with E-state index in [-0.39, 0.29) is 0 Å². The first-order chi connectivity index (χ1) is 10.1. The monoisotopic (exact) mass is 289 g/mol. The summed E-state index contributed by atoms with van der Waals surface area (Å²) in [5, 5.41) is 3.44. The number of rotatable bonds is 6. The second kappa shape index (κ2) is 7.79. The van der Waals surface area contributed by atoms with Crippen molar-refractivity contribution < 1.29 is 0 Å². The van der Waals surface area contributed by atoms with E-state index in [4.69, 9.17) is 4.98 Å². The van der Waals surface area contributed by atoms with Crippen molar-refractivity contribution in [3.05, 3.63) is 23.4 Å². The number of hydrogen-bond donors (Lipinski definition) is 1. The fourth-order valence-corrected chi connectivity index (χ4v) is 3.14. The first-order valence-corrected chi connectivity index (χ1v) is 8.61. The molecule has 0 bridgehead atoms. The molecule has 1 N–H and O–H groups in total. The molecule has 2 heterocycles. The van der Waals surface area contributed by atoms with Gasteiger partial charge in [0.15, 0.2) is 0 Å². The van der Waals surface area contributed by atoms with Gasteiger partial charge in [-0.25, -0.2) is 4.98 Å². The molecule has 1 aromatic heterocycles. The van der Waals surface area contributed by atoms with Crippen LogP contribution in [0, 0.1) is 5.92 Å². The van der Waals surface area contributed by atoms with Gasteiger partial charge in [0.05, 0.1) is 0 Å². The lowest BCUT2D eigenvalue weighted by molar-refractivity contribution is 0.388. The predicted octanol–water partition coefficient (Wildman–Crippen LogP) is 3.77. The second-order valence-corrected chi connectivity index (χ2v) is 6.54. The molecular formula is C18H31N3. The molecule has 0 amide bonds. The van der Waals surface area contributed by atoms with Gasteiger partial charge in [0.1, 0.15) is 5.82 Å². The fraction of sp³-hybridized carbons (Fsp3) is 0.722. The molecule has 3 heteroatoms. The van der Waals surface area contributed by atoms with Crippen LogP contribution >= 0.6 is 0 Å². The summed E-state index contributed by atoms with van der Waals surface area (Å²) in [4.78, 5) is 7.45. The van der Waals surface area contributed by atoms with E-state index in [0.717, 1.165) is 38.4 Å². The summed E-state index contributed by atoms with van der Waals surface area (Å²) in [6.07, 6.45) is 4.85. The van der Waals surface area contributed by atoms with Crippen molar-refractivity contribution >= 4 is 5.82 Å². The normalized spacial score (nSPS) is 22.6. The fourth-order valence-electron chi connectivity index (χ4n) is 3.14. The van der Waals surface area contributed by atoms with E-state index in [0.29, 0.717) is 6.04 Å². The molecule has 0 aromatic carbocycles. The molecule has 2 rings (SSSR count). The lowest BCUT2D eigenvalue weighted by atomic mass is 9.95. The van der Waals surface area contributed by atoms with E-state index >= 15 is 0 Å². The molecule has 0 spiro atoms. The van der Waals surface area contributed by atoms with Crippen LogP contribution < -0.4 is 10.2 Å². The average Bonchev–Trinajstić information content (AvgIpc) is 2.48. The highest BCUT2D eigenvalue weighted by Gasteiger charge is 2.24. The second-order valence-electron chi connectivity index (χ2n) is 6.54. The molecule has 0 aliphatic carbocycles. The van der Waals surface area contributed by atoms with Crippen LogP contribution in [-0.2, 0) is 13.0 Å². The smallest absolute Gasteiger partial charge is 0.129 e. The van der Waals surface area contributed by atoms with Crippen molar-refractivity contribution in [3.8, 4) is 0 Å². The number of aromatic nitrogens is 1. The van der Waals surface area contributed by atoms with Gasteiger partial charge in [-0.05, 0) is 56.3 Å². The molecule has 1 aliphatic rings. The Labute approximate surface area is 130 Å². The van der Waals surface area contributed by atoms with Gasteiger partial charge in [0.2, 0.25) is 0 Å². The molecular weight excluding hydrogens is 258 g/mol. The summed E-state index contributed by atoms with van der Waals surface area (Å²) in [5.74, 6) is 1.96. The van der Waals surface area contributed by atoms with E-state index in [1.807, 2.05) is 0 Å². The van der Waals surface area contributed by atoms with Gasteiger partial charge < -0.3 is 10.2 Å². The van der Waals surface area contributed by atoms with Crippen molar-refractivity contribution in [2.75, 3.05) is 18.0 Å². The number of nitrogens with one attached hydrogen (secondary N) is 1. The maximum atomic E-state index is 4.94. The summed E-state index contributed by atoms with van der Waals surface area (Å²) in [6, 6.07) is 5.17. The number of hydrogen-bond acceptors (Lipinski definition) is 3. The van der Waals surface area contributed by atoms with Crippen molar-refractivity contribution in [1.82, 2.24) is 10.3 Å². The van der Waals surface area contributed by atoms with Crippen molar-refractivity contribution in [1.29, 1.82) is 0 Å². The minimum atomic E-state index is 0.609. The summed E-state index contributed by atoms with van der Waals surface area (Å²) >= 11 is 0. The van der Waals surface area contributed by atoms with Crippen molar-refractivity contribution in [2.24, 2.45) is 5.92 Å². The van der Waals surface area contributed by atoms with Crippen LogP contribution in [0.15, 0.2) is 12.1 Å². The molecule has 3 nitrogen and oxygen atoms in total. The van der Waals surface area contributed by atoms with Crippen LogP contribution in [0.1, 0.15) is 58.2 Å². The van der Waals surface area contributed by atoms with Crippen LogP contribution in [0.4, 0.5) is 5.82 Å². The molecule has 1 saturated heterocycles. The van der Waals surface area contributed by atoms with Crippen LogP contribution in [0.3, 0.4) is 0 Å². The zero-order valence-electron chi connectivity index (χ0n) is 14.2. The summed E-state index contributed by atoms with van der Waals surface area (Å²) in [5.41, 5.74) is 2.61. The standard InChI is InChI=1S/C18H31N3/c1-5-7-17-10-16(12-19-6-2)11-18(20-17)21-13-14(3)8-9-15(21)4/h10-11,14-15,19H,5-9,12-13H2,1-4H3. The van der Waals surface area contributed by atoms with Crippen LogP contribution in [-0.4, -0.2) is 24.1 Å². The Balaban J connectivity index is 2.25. The third-order valence-corrected chi connectivity index (χ3v) is 4.42. The average molecular weight is 289 g/mol. The van der Waals surface area contributed by atoms with Gasteiger partial charge >= 0.3 is 0 Å². The predicted molar refractivity (Wildman–Crippen MR) is 90.8 cm³/mol. The molecule has 1 aliphatic heterocycles. The number of aryl methyl sites for hydroxylation is 1. The van der Waals surface area contributed by atoms with Crippen molar-refractivity contribution in [2.45, 2.75) is 66.0 Å². The highest BCUT2D eigenvalue weighted by Crippen LogP contribution is 2.27. The SMILES string of the molecule is CCCc1cc(CNCC)cc(N2CC(C)CCC2C)n1. The number of piperidine rings is 1. The Morgan fingerprint density at radius 3 is 2.76 bits per heavy atom. The lowest BCUT2D eigenvalue weighted by Gasteiger charge is -2.38. The van der Waals surface area contributed by atoms with Crippen LogP contribution in [0.2, 0.25) is 0 Å². The summed E-state index contributed by atoms with van der Waals surface area (Å²) in [6.45, 7) is 12.2. The molecule has 1 aromatic rings. The first kappa shape index (κ1) is 16.3. The Hall–Kier alpha value is -1.09. The van der Waals surface area contributed by atoms with Crippen molar-refractivity contribution in [3.63, 3.8) is 0 Å². The number of pyridine rings is 1. The van der Waals surface area contributed by atoms with Gasteiger partial charge in [-0.2, -0.15) is 0 Å².